The molecule has 0 bridgehead atoms. The maximum Gasteiger partial charge on any atom is 0.127 e. The van der Waals surface area contributed by atoms with Gasteiger partial charge in [0.25, 0.3) is 0 Å². The van der Waals surface area contributed by atoms with Crippen molar-refractivity contribution in [1.82, 2.24) is 0 Å². The molecule has 0 spiro atoms. The summed E-state index contributed by atoms with van der Waals surface area (Å²) in [5.41, 5.74) is 10.8. The molecule has 0 N–H and O–H groups in total. The van der Waals surface area contributed by atoms with Crippen LogP contribution in [0, 0.1) is 18.6 Å². The maximum atomic E-state index is 14.1. The van der Waals surface area contributed by atoms with Gasteiger partial charge < -0.3 is 4.74 Å². The smallest absolute Gasteiger partial charge is 0.127 e. The molecule has 0 aliphatic rings. The van der Waals surface area contributed by atoms with Gasteiger partial charge in [0.2, 0.25) is 0 Å². The second-order valence-corrected chi connectivity index (χ2v) is 25.6. The lowest BCUT2D eigenvalue weighted by Crippen LogP contribution is -2.19. The van der Waals surface area contributed by atoms with Crippen molar-refractivity contribution in [3.63, 3.8) is 0 Å². The van der Waals surface area contributed by atoms with E-state index in [1.165, 1.54) is 22.3 Å². The minimum absolute atomic E-state index is 0.00200. The minimum Gasteiger partial charge on any atom is -0.494 e. The Morgan fingerprint density at radius 3 is 0.968 bits per heavy atom. The van der Waals surface area contributed by atoms with Crippen LogP contribution in [0.2, 0.25) is 0 Å². The summed E-state index contributed by atoms with van der Waals surface area (Å²) in [5, 5.41) is 0. The lowest BCUT2D eigenvalue weighted by atomic mass is 9.79. The Morgan fingerprint density at radius 1 is 0.355 bits per heavy atom. The highest BCUT2D eigenvalue weighted by Gasteiger charge is 2.26. The highest BCUT2D eigenvalue weighted by Crippen LogP contribution is 2.36. The van der Waals surface area contributed by atoms with Crippen LogP contribution in [0.1, 0.15) is 223 Å². The Balaban J connectivity index is 0.000000414. The zero-order valence-corrected chi connectivity index (χ0v) is 44.8. The molecule has 4 rings (SSSR count). The molecule has 0 fully saturated rings. The molecule has 3 heteroatoms. The molecule has 0 atom stereocenters. The summed E-state index contributed by atoms with van der Waals surface area (Å²) in [7, 11) is 0. The Labute approximate surface area is 382 Å². The van der Waals surface area contributed by atoms with Crippen LogP contribution in [0.5, 0.6) is 5.75 Å². The largest absolute Gasteiger partial charge is 0.494 e. The Kier molecular flexibility index (Phi) is 18.8. The molecular formula is C59H92F2O. The van der Waals surface area contributed by atoms with E-state index in [9.17, 15) is 8.78 Å². The minimum atomic E-state index is -0.134. The van der Waals surface area contributed by atoms with Gasteiger partial charge in [0, 0.05) is 0 Å². The number of hydrogen-bond donors (Lipinski definition) is 0. The van der Waals surface area contributed by atoms with Gasteiger partial charge in [-0.05, 0) is 125 Å². The van der Waals surface area contributed by atoms with Gasteiger partial charge in [-0.2, -0.15) is 0 Å². The maximum absolute atomic E-state index is 14.1. The first-order valence-electron chi connectivity index (χ1n) is 23.0. The fraction of sp³-hybridized carbons (Fsp3) is 0.593. The SMILES string of the molecule is CC(C)(C)c1ccc(C(C)(C)C)c(F)c1.CC(C)(C)c1ccc(C(C)(C)C)cc1.CCOc1cc(C(C)(C)C)ccc1C(C)(C)C.Cc1cc(C(C)(C)C)cc(F)c1C(C)(C)C. The third kappa shape index (κ3) is 17.6. The number of halogens is 2. The van der Waals surface area contributed by atoms with E-state index in [1.54, 1.807) is 12.1 Å². The average Bonchev–Trinajstić information content (AvgIpc) is 3.05. The monoisotopic (exact) mass is 855 g/mol. The van der Waals surface area contributed by atoms with Gasteiger partial charge in [0.05, 0.1) is 6.61 Å². The Bertz CT molecular complexity index is 1950. The summed E-state index contributed by atoms with van der Waals surface area (Å²) in [4.78, 5) is 0. The molecule has 0 radical (unpaired) electrons. The molecule has 4 aromatic carbocycles. The molecule has 0 saturated heterocycles. The predicted octanol–water partition coefficient (Wildman–Crippen LogP) is 18.1. The van der Waals surface area contributed by atoms with Gasteiger partial charge in [0.1, 0.15) is 17.4 Å². The normalized spacial score (nSPS) is 12.9. The predicted molar refractivity (Wildman–Crippen MR) is 271 cm³/mol. The fourth-order valence-electron chi connectivity index (χ4n) is 7.07. The summed E-state index contributed by atoms with van der Waals surface area (Å²) in [5.74, 6) is 0.875. The molecule has 0 unspecified atom stereocenters. The van der Waals surface area contributed by atoms with E-state index in [-0.39, 0.29) is 55.0 Å². The third-order valence-electron chi connectivity index (χ3n) is 11.1. The van der Waals surface area contributed by atoms with Crippen LogP contribution in [-0.4, -0.2) is 6.61 Å². The zero-order chi connectivity index (χ0) is 48.8. The van der Waals surface area contributed by atoms with E-state index in [4.69, 9.17) is 4.74 Å². The highest BCUT2D eigenvalue weighted by molar-refractivity contribution is 5.44. The Hall–Kier alpha value is -3.46. The van der Waals surface area contributed by atoms with Gasteiger partial charge in [-0.1, -0.05) is 221 Å². The summed E-state index contributed by atoms with van der Waals surface area (Å²) in [6, 6.07) is 25.1. The van der Waals surface area contributed by atoms with Crippen molar-refractivity contribution in [2.75, 3.05) is 6.61 Å². The van der Waals surface area contributed by atoms with Gasteiger partial charge in [0.15, 0.2) is 0 Å². The second-order valence-electron chi connectivity index (χ2n) is 25.6. The fourth-order valence-corrected chi connectivity index (χ4v) is 7.07. The number of ether oxygens (including phenoxy) is 1. The van der Waals surface area contributed by atoms with Crippen LogP contribution in [0.3, 0.4) is 0 Å². The van der Waals surface area contributed by atoms with Gasteiger partial charge >= 0.3 is 0 Å². The summed E-state index contributed by atoms with van der Waals surface area (Å²) in [6.45, 7) is 56.5. The first-order valence-corrected chi connectivity index (χ1v) is 23.0. The molecule has 0 aliphatic heterocycles. The van der Waals surface area contributed by atoms with Crippen molar-refractivity contribution in [1.29, 1.82) is 0 Å². The third-order valence-corrected chi connectivity index (χ3v) is 11.1. The van der Waals surface area contributed by atoms with Crippen LogP contribution < -0.4 is 4.74 Å². The van der Waals surface area contributed by atoms with Gasteiger partial charge in [-0.25, -0.2) is 8.78 Å². The molecule has 0 aromatic heterocycles. The van der Waals surface area contributed by atoms with Crippen LogP contribution >= 0.6 is 0 Å². The lowest BCUT2D eigenvalue weighted by molar-refractivity contribution is 0.328. The topological polar surface area (TPSA) is 9.23 Å². The molecule has 0 saturated carbocycles. The zero-order valence-electron chi connectivity index (χ0n) is 44.8. The van der Waals surface area contributed by atoms with Crippen LogP contribution in [0.25, 0.3) is 0 Å². The van der Waals surface area contributed by atoms with E-state index in [0.717, 1.165) is 40.2 Å². The molecule has 62 heavy (non-hydrogen) atoms. The number of hydrogen-bond acceptors (Lipinski definition) is 1. The van der Waals surface area contributed by atoms with E-state index in [2.05, 4.69) is 194 Å². The van der Waals surface area contributed by atoms with Gasteiger partial charge in [-0.15, -0.1) is 0 Å². The average molecular weight is 855 g/mol. The summed E-state index contributed by atoms with van der Waals surface area (Å²) in [6.07, 6.45) is 0. The molecule has 1 nitrogen and oxygen atoms in total. The van der Waals surface area contributed by atoms with Crippen molar-refractivity contribution in [2.24, 2.45) is 0 Å². The van der Waals surface area contributed by atoms with E-state index in [1.807, 2.05) is 46.8 Å². The molecule has 0 aliphatic carbocycles. The van der Waals surface area contributed by atoms with Crippen molar-refractivity contribution in [3.05, 3.63) is 135 Å². The molecule has 0 heterocycles. The quantitative estimate of drug-likeness (QED) is 0.195. The molecule has 4 aromatic rings. The van der Waals surface area contributed by atoms with Crippen molar-refractivity contribution < 1.29 is 13.5 Å². The molecule has 0 amide bonds. The van der Waals surface area contributed by atoms with Crippen LogP contribution in [0.15, 0.2) is 72.8 Å². The van der Waals surface area contributed by atoms with E-state index in [0.29, 0.717) is 0 Å². The highest BCUT2D eigenvalue weighted by atomic mass is 19.1. The van der Waals surface area contributed by atoms with Crippen LogP contribution in [-0.2, 0) is 43.3 Å². The van der Waals surface area contributed by atoms with E-state index < -0.39 is 0 Å². The molecule has 348 valence electrons. The van der Waals surface area contributed by atoms with E-state index >= 15 is 0 Å². The lowest BCUT2D eigenvalue weighted by Gasteiger charge is -2.26. The van der Waals surface area contributed by atoms with Crippen molar-refractivity contribution in [2.45, 2.75) is 223 Å². The van der Waals surface area contributed by atoms with Gasteiger partial charge in [-0.3, -0.25) is 0 Å². The van der Waals surface area contributed by atoms with Crippen molar-refractivity contribution in [3.8, 4) is 5.75 Å². The number of aryl methyl sites for hydroxylation is 1. The Morgan fingerprint density at radius 2 is 0.677 bits per heavy atom. The standard InChI is InChI=1S/C16H26O.C15H23F.C14H21F.C14H22/c1-8-17-14-11-12(15(2,3)4)9-10-13(14)16(5,6)7;1-10-8-11(14(2,3)4)9-12(16)13(10)15(5,6)7;1-13(2,3)10-7-8-11(12(15)9-10)14(4,5)6;1-13(2,3)11-7-9-12(10-8-11)14(4,5)6/h9-11H,8H2,1-7H3;8-9H,1-7H3;7-9H,1-6H3;7-10H,1-6H3. The second kappa shape index (κ2) is 20.6. The first kappa shape index (κ1) is 56.6. The number of benzene rings is 4. The van der Waals surface area contributed by atoms with Crippen LogP contribution in [0.4, 0.5) is 8.78 Å². The first-order chi connectivity index (χ1) is 27.5. The summed E-state index contributed by atoms with van der Waals surface area (Å²) >= 11 is 0. The number of rotatable bonds is 2. The summed E-state index contributed by atoms with van der Waals surface area (Å²) < 4.78 is 33.8. The van der Waals surface area contributed by atoms with Crippen molar-refractivity contribution >= 4 is 0 Å². The molecular weight excluding hydrogens is 763 g/mol.